The van der Waals surface area contributed by atoms with Crippen LogP contribution in [0.15, 0.2) is 77.7 Å². The number of methoxy groups -OCH3 is 1. The van der Waals surface area contributed by atoms with Gasteiger partial charge in [0.15, 0.2) is 0 Å². The molecule has 3 N–H and O–H groups in total. The second kappa shape index (κ2) is 10.1. The number of hydrogen-bond donors (Lipinski definition) is 3. The summed E-state index contributed by atoms with van der Waals surface area (Å²) in [5.41, 5.74) is 2.61. The number of carbonyl (C=O) groups is 2. The summed E-state index contributed by atoms with van der Waals surface area (Å²) in [5.74, 6) is 0.0313. The number of nitrogens with one attached hydrogen (secondary N) is 3. The average Bonchev–Trinajstić information content (AvgIpc) is 2.86. The molecule has 176 valence electrons. The van der Waals surface area contributed by atoms with Crippen molar-refractivity contribution in [2.75, 3.05) is 12.4 Å². The molecule has 0 unspecified atom stereocenters. The van der Waals surface area contributed by atoms with E-state index in [2.05, 4.69) is 15.4 Å². The van der Waals surface area contributed by atoms with Crippen molar-refractivity contribution in [1.29, 1.82) is 0 Å². The van der Waals surface area contributed by atoms with Gasteiger partial charge in [-0.3, -0.25) is 9.59 Å². The first-order chi connectivity index (χ1) is 16.4. The molecule has 0 fully saturated rings. The summed E-state index contributed by atoms with van der Waals surface area (Å²) in [6, 6.07) is 19.3. The summed E-state index contributed by atoms with van der Waals surface area (Å²) in [6.45, 7) is 0.173. The van der Waals surface area contributed by atoms with E-state index in [9.17, 15) is 18.0 Å². The SMILES string of the molecule is COc1ccccc1CNC(=O)[C@@H](NS(=O)(=O)c1ccc2c(c1)CCC(=O)N2)c1ccccc1. The lowest BCUT2D eigenvalue weighted by Gasteiger charge is -2.21. The van der Waals surface area contributed by atoms with Crippen LogP contribution in [0.5, 0.6) is 5.75 Å². The van der Waals surface area contributed by atoms with Gasteiger partial charge in [0.1, 0.15) is 11.8 Å². The van der Waals surface area contributed by atoms with Crippen LogP contribution >= 0.6 is 0 Å². The standard InChI is InChI=1S/C25H25N3O5S/c1-33-22-10-6-5-9-19(22)16-26-25(30)24(17-7-3-2-4-8-17)28-34(31,32)20-12-13-21-18(15-20)11-14-23(29)27-21/h2-10,12-13,15,24,28H,11,14,16H2,1H3,(H,26,30)(H,27,29)/t24-/m0/s1. The number of amides is 2. The fourth-order valence-electron chi connectivity index (χ4n) is 3.80. The number of ether oxygens (including phenoxy) is 1. The predicted molar refractivity (Wildman–Crippen MR) is 128 cm³/mol. The highest BCUT2D eigenvalue weighted by Gasteiger charge is 2.28. The Balaban J connectivity index is 1.58. The van der Waals surface area contributed by atoms with E-state index in [4.69, 9.17) is 4.74 Å². The molecule has 0 bridgehead atoms. The van der Waals surface area contributed by atoms with E-state index in [-0.39, 0.29) is 17.3 Å². The van der Waals surface area contributed by atoms with Crippen molar-refractivity contribution >= 4 is 27.5 Å². The van der Waals surface area contributed by atoms with Crippen molar-refractivity contribution in [3.8, 4) is 5.75 Å². The van der Waals surface area contributed by atoms with Gasteiger partial charge in [0, 0.05) is 24.2 Å². The summed E-state index contributed by atoms with van der Waals surface area (Å²) < 4.78 is 34.4. The topological polar surface area (TPSA) is 114 Å². The van der Waals surface area contributed by atoms with Gasteiger partial charge < -0.3 is 15.4 Å². The third-order valence-electron chi connectivity index (χ3n) is 5.60. The van der Waals surface area contributed by atoms with Gasteiger partial charge in [-0.05, 0) is 41.8 Å². The average molecular weight is 480 g/mol. The fourth-order valence-corrected chi connectivity index (χ4v) is 5.04. The van der Waals surface area contributed by atoms with Crippen molar-refractivity contribution in [1.82, 2.24) is 10.0 Å². The van der Waals surface area contributed by atoms with Gasteiger partial charge in [-0.2, -0.15) is 4.72 Å². The Labute approximate surface area is 198 Å². The van der Waals surface area contributed by atoms with Crippen LogP contribution in [0, 0.1) is 0 Å². The number of sulfonamides is 1. The van der Waals surface area contributed by atoms with E-state index in [0.29, 0.717) is 29.8 Å². The monoisotopic (exact) mass is 479 g/mol. The zero-order valence-corrected chi connectivity index (χ0v) is 19.4. The molecule has 1 aliphatic heterocycles. The Kier molecular flexibility index (Phi) is 6.95. The first-order valence-electron chi connectivity index (χ1n) is 10.8. The summed E-state index contributed by atoms with van der Waals surface area (Å²) in [5, 5.41) is 5.54. The molecule has 3 aromatic rings. The Bertz CT molecular complexity index is 1310. The summed E-state index contributed by atoms with van der Waals surface area (Å²) in [4.78, 5) is 24.8. The molecule has 0 aromatic heterocycles. The Hall–Kier alpha value is -3.69. The molecular weight excluding hydrogens is 454 g/mol. The molecule has 0 radical (unpaired) electrons. The van der Waals surface area contributed by atoms with Crippen LogP contribution in [0.1, 0.15) is 29.2 Å². The molecular formula is C25H25N3O5S. The lowest BCUT2D eigenvalue weighted by molar-refractivity contribution is -0.123. The Morgan fingerprint density at radius 2 is 1.76 bits per heavy atom. The van der Waals surface area contributed by atoms with Crippen LogP contribution in [-0.4, -0.2) is 27.3 Å². The van der Waals surface area contributed by atoms with Crippen molar-refractivity contribution in [2.45, 2.75) is 30.3 Å². The second-order valence-electron chi connectivity index (χ2n) is 7.86. The molecule has 0 saturated carbocycles. The van der Waals surface area contributed by atoms with Crippen LogP contribution in [-0.2, 0) is 32.6 Å². The van der Waals surface area contributed by atoms with Gasteiger partial charge in [0.05, 0.1) is 12.0 Å². The van der Waals surface area contributed by atoms with E-state index in [1.807, 2.05) is 18.2 Å². The third kappa shape index (κ3) is 5.27. The Morgan fingerprint density at radius 3 is 2.53 bits per heavy atom. The van der Waals surface area contributed by atoms with Crippen LogP contribution < -0.4 is 20.1 Å². The largest absolute Gasteiger partial charge is 0.496 e. The summed E-state index contributed by atoms with van der Waals surface area (Å²) in [7, 11) is -2.50. The van der Waals surface area contributed by atoms with Crippen molar-refractivity contribution in [2.24, 2.45) is 0 Å². The van der Waals surface area contributed by atoms with Crippen molar-refractivity contribution in [3.05, 3.63) is 89.5 Å². The number of hydrogen-bond acceptors (Lipinski definition) is 5. The molecule has 2 amide bonds. The molecule has 9 heteroatoms. The first kappa shape index (κ1) is 23.5. The third-order valence-corrected chi connectivity index (χ3v) is 7.02. The minimum atomic E-state index is -4.04. The van der Waals surface area contributed by atoms with E-state index < -0.39 is 22.0 Å². The number of fused-ring (bicyclic) bond motifs is 1. The van der Waals surface area contributed by atoms with Gasteiger partial charge in [-0.1, -0.05) is 48.5 Å². The lowest BCUT2D eigenvalue weighted by atomic mass is 10.0. The highest BCUT2D eigenvalue weighted by atomic mass is 32.2. The van der Waals surface area contributed by atoms with Gasteiger partial charge >= 0.3 is 0 Å². The quantitative estimate of drug-likeness (QED) is 0.460. The van der Waals surface area contributed by atoms with Crippen LogP contribution in [0.3, 0.4) is 0 Å². The molecule has 34 heavy (non-hydrogen) atoms. The number of anilines is 1. The molecule has 1 atom stereocenters. The lowest BCUT2D eigenvalue weighted by Crippen LogP contribution is -2.40. The molecule has 1 heterocycles. The predicted octanol–water partition coefficient (Wildman–Crippen LogP) is 2.92. The number of para-hydroxylation sites is 1. The zero-order chi connectivity index (χ0) is 24.1. The molecule has 8 nitrogen and oxygen atoms in total. The van der Waals surface area contributed by atoms with E-state index in [1.54, 1.807) is 49.6 Å². The minimum absolute atomic E-state index is 0.0286. The van der Waals surface area contributed by atoms with Gasteiger partial charge in [-0.25, -0.2) is 8.42 Å². The van der Waals surface area contributed by atoms with Gasteiger partial charge in [-0.15, -0.1) is 0 Å². The maximum atomic E-state index is 13.2. The first-order valence-corrected chi connectivity index (χ1v) is 12.3. The number of benzene rings is 3. The van der Waals surface area contributed by atoms with Crippen LogP contribution in [0.2, 0.25) is 0 Å². The number of carbonyl (C=O) groups excluding carboxylic acids is 2. The normalized spacial score (nSPS) is 14.0. The van der Waals surface area contributed by atoms with Gasteiger partial charge in [0.25, 0.3) is 0 Å². The second-order valence-corrected chi connectivity index (χ2v) is 9.58. The van der Waals surface area contributed by atoms with Gasteiger partial charge in [0.2, 0.25) is 21.8 Å². The molecule has 1 aliphatic rings. The molecule has 0 spiro atoms. The van der Waals surface area contributed by atoms with Crippen LogP contribution in [0.4, 0.5) is 5.69 Å². The van der Waals surface area contributed by atoms with E-state index >= 15 is 0 Å². The molecule has 4 rings (SSSR count). The smallest absolute Gasteiger partial charge is 0.243 e. The minimum Gasteiger partial charge on any atom is -0.496 e. The fraction of sp³-hybridized carbons (Fsp3) is 0.200. The summed E-state index contributed by atoms with van der Waals surface area (Å²) in [6.07, 6.45) is 0.744. The number of aryl methyl sites for hydroxylation is 1. The van der Waals surface area contributed by atoms with E-state index in [0.717, 1.165) is 11.1 Å². The molecule has 0 saturated heterocycles. The number of rotatable bonds is 8. The Morgan fingerprint density at radius 1 is 1.03 bits per heavy atom. The molecule has 0 aliphatic carbocycles. The zero-order valence-electron chi connectivity index (χ0n) is 18.6. The maximum Gasteiger partial charge on any atom is 0.243 e. The highest BCUT2D eigenvalue weighted by Crippen LogP contribution is 2.26. The van der Waals surface area contributed by atoms with E-state index in [1.165, 1.54) is 12.1 Å². The highest BCUT2D eigenvalue weighted by molar-refractivity contribution is 7.89. The summed E-state index contributed by atoms with van der Waals surface area (Å²) >= 11 is 0. The van der Waals surface area contributed by atoms with Crippen molar-refractivity contribution in [3.63, 3.8) is 0 Å². The molecule has 3 aromatic carbocycles. The van der Waals surface area contributed by atoms with Crippen molar-refractivity contribution < 1.29 is 22.7 Å². The maximum absolute atomic E-state index is 13.2. The van der Waals surface area contributed by atoms with Crippen LogP contribution in [0.25, 0.3) is 0 Å².